The van der Waals surface area contributed by atoms with Crippen molar-refractivity contribution in [2.45, 2.75) is 19.5 Å². The summed E-state index contributed by atoms with van der Waals surface area (Å²) in [5.41, 5.74) is 0.190. The van der Waals surface area contributed by atoms with Crippen molar-refractivity contribution in [1.82, 2.24) is 15.6 Å². The van der Waals surface area contributed by atoms with Gasteiger partial charge in [0.25, 0.3) is 5.91 Å². The molecule has 21 heavy (non-hydrogen) atoms. The lowest BCUT2D eigenvalue weighted by atomic mass is 10.3. The number of amides is 2. The molecule has 2 rings (SSSR count). The molecule has 1 atom stereocenters. The number of rotatable bonds is 5. The number of halogens is 2. The minimum Gasteiger partial charge on any atom is -0.467 e. The third-order valence-electron chi connectivity index (χ3n) is 2.73. The predicted octanol–water partition coefficient (Wildman–Crippen LogP) is 2.35. The van der Waals surface area contributed by atoms with Gasteiger partial charge in [0.2, 0.25) is 5.91 Å². The molecular weight excluding hydrogens is 317 g/mol. The monoisotopic (exact) mass is 329 g/mol. The molecule has 3 N–H and O–H groups in total. The number of hydrogen-bond donors (Lipinski definition) is 3. The van der Waals surface area contributed by atoms with Crippen LogP contribution in [0.4, 0.5) is 0 Å². The van der Waals surface area contributed by atoms with Crippen molar-refractivity contribution in [3.8, 4) is 0 Å². The Bertz CT molecular complexity index is 618. The van der Waals surface area contributed by atoms with E-state index >= 15 is 0 Å². The Labute approximate surface area is 130 Å². The van der Waals surface area contributed by atoms with Crippen molar-refractivity contribution in [2.24, 2.45) is 0 Å². The number of hydrogen-bond acceptors (Lipinski definition) is 3. The van der Waals surface area contributed by atoms with Crippen LogP contribution in [0.15, 0.2) is 28.9 Å². The third-order valence-corrected chi connectivity index (χ3v) is 3.42. The summed E-state index contributed by atoms with van der Waals surface area (Å²) in [7, 11) is 0. The standard InChI is InChI=1S/C13H13Cl2N3O3/c1-7(12(19)16-6-8-3-2-4-21-8)17-13(20)10-5-9(14)11(15)18-10/h2-5,7,18H,6H2,1H3,(H,16,19)(H,17,20). The van der Waals surface area contributed by atoms with Gasteiger partial charge in [-0.3, -0.25) is 9.59 Å². The number of carbonyl (C=O) groups excluding carboxylic acids is 2. The smallest absolute Gasteiger partial charge is 0.268 e. The lowest BCUT2D eigenvalue weighted by Crippen LogP contribution is -2.44. The van der Waals surface area contributed by atoms with Gasteiger partial charge in [0, 0.05) is 0 Å². The number of furan rings is 1. The largest absolute Gasteiger partial charge is 0.467 e. The van der Waals surface area contributed by atoms with E-state index in [1.165, 1.54) is 12.3 Å². The molecule has 2 amide bonds. The first-order valence-corrected chi connectivity index (χ1v) is 6.88. The Morgan fingerprint density at radius 1 is 1.43 bits per heavy atom. The molecule has 0 aliphatic heterocycles. The van der Waals surface area contributed by atoms with Gasteiger partial charge in [-0.05, 0) is 25.1 Å². The van der Waals surface area contributed by atoms with E-state index in [0.717, 1.165) is 0 Å². The molecule has 0 saturated carbocycles. The summed E-state index contributed by atoms with van der Waals surface area (Å²) in [6, 6.07) is 4.15. The molecule has 112 valence electrons. The number of nitrogens with one attached hydrogen (secondary N) is 3. The van der Waals surface area contributed by atoms with Crippen LogP contribution < -0.4 is 10.6 Å². The van der Waals surface area contributed by atoms with Crippen LogP contribution in [0, 0.1) is 0 Å². The Morgan fingerprint density at radius 2 is 2.19 bits per heavy atom. The van der Waals surface area contributed by atoms with Gasteiger partial charge in [-0.15, -0.1) is 0 Å². The van der Waals surface area contributed by atoms with Crippen LogP contribution in [0.5, 0.6) is 0 Å². The molecule has 0 aliphatic rings. The summed E-state index contributed by atoms with van der Waals surface area (Å²) in [5, 5.41) is 5.61. The molecule has 0 aliphatic carbocycles. The molecule has 0 radical (unpaired) electrons. The highest BCUT2D eigenvalue weighted by Gasteiger charge is 2.18. The topological polar surface area (TPSA) is 87.1 Å². The Morgan fingerprint density at radius 3 is 2.76 bits per heavy atom. The zero-order valence-electron chi connectivity index (χ0n) is 11.1. The van der Waals surface area contributed by atoms with Crippen molar-refractivity contribution >= 4 is 35.0 Å². The Kier molecular flexibility index (Phi) is 4.93. The van der Waals surface area contributed by atoms with Gasteiger partial charge in [-0.2, -0.15) is 0 Å². The summed E-state index contributed by atoms with van der Waals surface area (Å²) in [4.78, 5) is 26.4. The van der Waals surface area contributed by atoms with Crippen molar-refractivity contribution < 1.29 is 14.0 Å². The third kappa shape index (κ3) is 4.03. The minimum absolute atomic E-state index is 0.178. The molecule has 2 heterocycles. The summed E-state index contributed by atoms with van der Waals surface area (Å²) in [6.45, 7) is 1.83. The van der Waals surface area contributed by atoms with E-state index in [-0.39, 0.29) is 28.3 Å². The molecule has 2 aromatic heterocycles. The average Bonchev–Trinajstić information content (AvgIpc) is 3.07. The number of aromatic amines is 1. The maximum atomic E-state index is 11.9. The quantitative estimate of drug-likeness (QED) is 0.786. The van der Waals surface area contributed by atoms with Crippen LogP contribution in [0.25, 0.3) is 0 Å². The van der Waals surface area contributed by atoms with Gasteiger partial charge in [0.15, 0.2) is 0 Å². The molecule has 0 fully saturated rings. The Balaban J connectivity index is 1.86. The number of carbonyl (C=O) groups is 2. The molecule has 2 aromatic rings. The van der Waals surface area contributed by atoms with E-state index in [1.54, 1.807) is 19.1 Å². The molecule has 0 bridgehead atoms. The van der Waals surface area contributed by atoms with Crippen molar-refractivity contribution in [3.05, 3.63) is 46.1 Å². The van der Waals surface area contributed by atoms with Gasteiger partial charge < -0.3 is 20.0 Å². The van der Waals surface area contributed by atoms with E-state index in [0.29, 0.717) is 5.76 Å². The van der Waals surface area contributed by atoms with E-state index in [9.17, 15) is 9.59 Å². The van der Waals surface area contributed by atoms with Crippen LogP contribution in [-0.2, 0) is 11.3 Å². The van der Waals surface area contributed by atoms with Crippen LogP contribution in [-0.4, -0.2) is 22.8 Å². The van der Waals surface area contributed by atoms with Gasteiger partial charge >= 0.3 is 0 Å². The normalized spacial score (nSPS) is 12.0. The summed E-state index contributed by atoms with van der Waals surface area (Å²) < 4.78 is 5.09. The first kappa shape index (κ1) is 15.5. The fourth-order valence-corrected chi connectivity index (χ4v) is 1.92. The molecule has 0 saturated heterocycles. The Hall–Kier alpha value is -1.92. The molecule has 8 heteroatoms. The van der Waals surface area contributed by atoms with Gasteiger partial charge in [0.05, 0.1) is 17.8 Å². The maximum absolute atomic E-state index is 11.9. The first-order chi connectivity index (χ1) is 9.97. The van der Waals surface area contributed by atoms with Gasteiger partial charge in [-0.1, -0.05) is 23.2 Å². The molecule has 6 nitrogen and oxygen atoms in total. The average molecular weight is 330 g/mol. The van der Waals surface area contributed by atoms with Crippen LogP contribution in [0.3, 0.4) is 0 Å². The highest BCUT2D eigenvalue weighted by molar-refractivity contribution is 6.41. The molecule has 1 unspecified atom stereocenters. The minimum atomic E-state index is -0.715. The summed E-state index contributed by atoms with van der Waals surface area (Å²) >= 11 is 11.5. The zero-order valence-corrected chi connectivity index (χ0v) is 12.6. The first-order valence-electron chi connectivity index (χ1n) is 6.12. The lowest BCUT2D eigenvalue weighted by molar-refractivity contribution is -0.122. The summed E-state index contributed by atoms with van der Waals surface area (Å²) in [6.07, 6.45) is 1.52. The van der Waals surface area contributed by atoms with Crippen molar-refractivity contribution in [2.75, 3.05) is 0 Å². The van der Waals surface area contributed by atoms with Crippen LogP contribution >= 0.6 is 23.2 Å². The van der Waals surface area contributed by atoms with Gasteiger partial charge in [-0.25, -0.2) is 0 Å². The SMILES string of the molecule is CC(NC(=O)c1cc(Cl)c(Cl)[nH]1)C(=O)NCc1ccco1. The second-order valence-electron chi connectivity index (χ2n) is 4.34. The highest BCUT2D eigenvalue weighted by atomic mass is 35.5. The lowest BCUT2D eigenvalue weighted by Gasteiger charge is -2.13. The van der Waals surface area contributed by atoms with Crippen molar-refractivity contribution in [3.63, 3.8) is 0 Å². The second kappa shape index (κ2) is 6.69. The molecular formula is C13H13Cl2N3O3. The number of H-pyrrole nitrogens is 1. The van der Waals surface area contributed by atoms with E-state index in [4.69, 9.17) is 27.6 Å². The van der Waals surface area contributed by atoms with Crippen LogP contribution in [0.1, 0.15) is 23.2 Å². The summed E-state index contributed by atoms with van der Waals surface area (Å²) in [5.74, 6) is -0.169. The van der Waals surface area contributed by atoms with Gasteiger partial charge in [0.1, 0.15) is 22.6 Å². The highest BCUT2D eigenvalue weighted by Crippen LogP contribution is 2.21. The van der Waals surface area contributed by atoms with E-state index in [1.807, 2.05) is 0 Å². The predicted molar refractivity (Wildman–Crippen MR) is 78.3 cm³/mol. The number of aromatic nitrogens is 1. The fraction of sp³-hybridized carbons (Fsp3) is 0.231. The molecule has 0 spiro atoms. The van der Waals surface area contributed by atoms with Crippen molar-refractivity contribution in [1.29, 1.82) is 0 Å². The molecule has 0 aromatic carbocycles. The maximum Gasteiger partial charge on any atom is 0.268 e. The zero-order chi connectivity index (χ0) is 15.4. The van der Waals surface area contributed by atoms with E-state index in [2.05, 4.69) is 15.6 Å². The second-order valence-corrected chi connectivity index (χ2v) is 5.12. The fourth-order valence-electron chi connectivity index (χ4n) is 1.61. The van der Waals surface area contributed by atoms with E-state index < -0.39 is 11.9 Å². The van der Waals surface area contributed by atoms with Crippen LogP contribution in [0.2, 0.25) is 10.2 Å².